The van der Waals surface area contributed by atoms with Crippen molar-refractivity contribution < 1.29 is 33.8 Å². The molecule has 2 aliphatic heterocycles. The highest BCUT2D eigenvalue weighted by molar-refractivity contribution is 9.10. The van der Waals surface area contributed by atoms with Crippen molar-refractivity contribution in [2.24, 2.45) is 5.92 Å². The minimum Gasteiger partial charge on any atom is -0.465 e. The lowest BCUT2D eigenvalue weighted by Crippen LogP contribution is -2.56. The molecule has 3 amide bonds. The van der Waals surface area contributed by atoms with Crippen LogP contribution in [-0.4, -0.2) is 89.8 Å². The number of hydrogen-bond donors (Lipinski definition) is 2. The summed E-state index contributed by atoms with van der Waals surface area (Å²) in [6.45, 7) is 3.91. The van der Waals surface area contributed by atoms with E-state index >= 15 is 0 Å². The molecule has 2 aliphatic rings. The third-order valence-electron chi connectivity index (χ3n) is 5.88. The molecule has 1 aromatic rings. The van der Waals surface area contributed by atoms with Gasteiger partial charge in [-0.3, -0.25) is 19.3 Å². The molecule has 11 heteroatoms. The number of carboxylic acid groups (broad SMARTS) is 1. The van der Waals surface area contributed by atoms with Gasteiger partial charge in [0.2, 0.25) is 11.8 Å². The summed E-state index contributed by atoms with van der Waals surface area (Å²) in [6, 6.07) is 4.81. The number of rotatable bonds is 7. The van der Waals surface area contributed by atoms with E-state index in [4.69, 9.17) is 9.47 Å². The van der Waals surface area contributed by atoms with Crippen molar-refractivity contribution in [1.82, 2.24) is 15.1 Å². The van der Waals surface area contributed by atoms with Crippen LogP contribution in [0.15, 0.2) is 28.7 Å². The number of likely N-dealkylation sites (tertiary alicyclic amines) is 1. The topological polar surface area (TPSA) is 125 Å². The van der Waals surface area contributed by atoms with Crippen LogP contribution < -0.4 is 5.32 Å². The van der Waals surface area contributed by atoms with Gasteiger partial charge in [-0.2, -0.15) is 0 Å². The lowest BCUT2D eigenvalue weighted by Gasteiger charge is -2.33. The van der Waals surface area contributed by atoms with E-state index in [9.17, 15) is 24.3 Å². The molecule has 0 unspecified atom stereocenters. The van der Waals surface area contributed by atoms with Crippen molar-refractivity contribution in [3.63, 3.8) is 0 Å². The van der Waals surface area contributed by atoms with Gasteiger partial charge in [0.15, 0.2) is 11.6 Å². The van der Waals surface area contributed by atoms with E-state index in [-0.39, 0.29) is 31.2 Å². The second kappa shape index (κ2) is 10.2. The summed E-state index contributed by atoms with van der Waals surface area (Å²) >= 11 is 3.31. The number of nitrogens with zero attached hydrogens (tertiary/aromatic N) is 2. The van der Waals surface area contributed by atoms with Crippen molar-refractivity contribution in [1.29, 1.82) is 0 Å². The molecule has 0 bridgehead atoms. The number of Topliss-reactive ketones (excluding diaryl/α,β-unsaturated/α-hetero) is 1. The van der Waals surface area contributed by atoms with Gasteiger partial charge in [0.1, 0.15) is 12.1 Å². The molecule has 0 aromatic heterocycles. The van der Waals surface area contributed by atoms with Gasteiger partial charge in [0.05, 0.1) is 26.3 Å². The maximum absolute atomic E-state index is 13.4. The van der Waals surface area contributed by atoms with Crippen LogP contribution >= 0.6 is 15.9 Å². The molecule has 1 aromatic carbocycles. The molecule has 33 heavy (non-hydrogen) atoms. The number of ketones is 1. The first-order valence-corrected chi connectivity index (χ1v) is 11.4. The molecule has 2 N–H and O–H groups in total. The van der Waals surface area contributed by atoms with Gasteiger partial charge in [0, 0.05) is 23.5 Å². The maximum atomic E-state index is 13.4. The van der Waals surface area contributed by atoms with E-state index in [2.05, 4.69) is 21.2 Å². The van der Waals surface area contributed by atoms with E-state index in [1.54, 1.807) is 38.1 Å². The minimum atomic E-state index is -1.24. The molecule has 2 heterocycles. The maximum Gasteiger partial charge on any atom is 0.407 e. The molecule has 2 saturated heterocycles. The summed E-state index contributed by atoms with van der Waals surface area (Å²) in [4.78, 5) is 52.8. The lowest BCUT2D eigenvalue weighted by molar-refractivity contribution is -0.155. The highest BCUT2D eigenvalue weighted by Gasteiger charge is 2.54. The SMILES string of the molecule is CC(C)[C@@H](C(=O)N1CC2(C[C@H]1C(=O)NCC(=O)c1ccc(Br)cc1)OCCO2)N(C)C(=O)O. The highest BCUT2D eigenvalue weighted by Crippen LogP contribution is 2.36. The normalized spacial score (nSPS) is 20.2. The van der Waals surface area contributed by atoms with E-state index < -0.39 is 35.8 Å². The quantitative estimate of drug-likeness (QED) is 0.519. The van der Waals surface area contributed by atoms with E-state index in [1.165, 1.54) is 11.9 Å². The zero-order valence-electron chi connectivity index (χ0n) is 18.7. The Morgan fingerprint density at radius 1 is 1.21 bits per heavy atom. The van der Waals surface area contributed by atoms with E-state index in [1.807, 2.05) is 0 Å². The fraction of sp³-hybridized carbons (Fsp3) is 0.545. The molecule has 0 aliphatic carbocycles. The Hall–Kier alpha value is -2.50. The van der Waals surface area contributed by atoms with Crippen molar-refractivity contribution in [2.75, 3.05) is 33.4 Å². The van der Waals surface area contributed by atoms with Gasteiger partial charge in [-0.05, 0) is 18.1 Å². The molecular formula is C22H28BrN3O7. The number of nitrogens with one attached hydrogen (secondary N) is 1. The van der Waals surface area contributed by atoms with Crippen LogP contribution in [0.5, 0.6) is 0 Å². The van der Waals surface area contributed by atoms with Crippen LogP contribution in [0.2, 0.25) is 0 Å². The summed E-state index contributed by atoms with van der Waals surface area (Å²) in [5, 5.41) is 12.0. The number of halogens is 1. The second-order valence-electron chi connectivity index (χ2n) is 8.52. The Kier molecular flexibility index (Phi) is 7.76. The molecule has 180 valence electrons. The van der Waals surface area contributed by atoms with E-state index in [0.29, 0.717) is 18.8 Å². The van der Waals surface area contributed by atoms with Crippen molar-refractivity contribution in [2.45, 2.75) is 38.1 Å². The Balaban J connectivity index is 1.77. The van der Waals surface area contributed by atoms with Gasteiger partial charge < -0.3 is 24.8 Å². The van der Waals surface area contributed by atoms with Crippen molar-refractivity contribution in [3.8, 4) is 0 Å². The number of carbonyl (C=O) groups excluding carboxylic acids is 3. The number of ether oxygens (including phenoxy) is 2. The second-order valence-corrected chi connectivity index (χ2v) is 9.44. The summed E-state index contributed by atoms with van der Waals surface area (Å²) in [7, 11) is 1.32. The molecule has 2 atom stereocenters. The predicted octanol–water partition coefficient (Wildman–Crippen LogP) is 1.73. The van der Waals surface area contributed by atoms with Crippen LogP contribution in [0, 0.1) is 5.92 Å². The first-order valence-electron chi connectivity index (χ1n) is 10.7. The lowest BCUT2D eigenvalue weighted by atomic mass is 10.0. The van der Waals surface area contributed by atoms with Gasteiger partial charge in [0.25, 0.3) is 0 Å². The highest BCUT2D eigenvalue weighted by atomic mass is 79.9. The first kappa shape index (κ1) is 25.1. The Morgan fingerprint density at radius 3 is 2.36 bits per heavy atom. The number of likely N-dealkylation sites (N-methyl/N-ethyl adjacent to an activating group) is 1. The molecule has 3 rings (SSSR count). The van der Waals surface area contributed by atoms with Gasteiger partial charge in [-0.1, -0.05) is 41.9 Å². The minimum absolute atomic E-state index is 0.00125. The van der Waals surface area contributed by atoms with Gasteiger partial charge in [-0.15, -0.1) is 0 Å². The summed E-state index contributed by atoms with van der Waals surface area (Å²) in [5.74, 6) is -2.75. The number of carbonyl (C=O) groups is 4. The predicted molar refractivity (Wildman–Crippen MR) is 121 cm³/mol. The van der Waals surface area contributed by atoms with Crippen LogP contribution in [-0.2, 0) is 19.1 Å². The zero-order chi connectivity index (χ0) is 24.3. The summed E-state index contributed by atoms with van der Waals surface area (Å²) in [5.41, 5.74) is 0.444. The third kappa shape index (κ3) is 5.53. The number of amides is 3. The standard InChI is InChI=1S/C22H28BrN3O7/c1-13(2)18(25(3)21(30)31)20(29)26-12-22(32-8-9-33-22)10-16(26)19(28)24-11-17(27)14-4-6-15(23)7-5-14/h4-7,13,16,18H,8-12H2,1-3H3,(H,24,28)(H,30,31)/t16-,18-/m0/s1. The number of benzene rings is 1. The smallest absolute Gasteiger partial charge is 0.407 e. The van der Waals surface area contributed by atoms with Crippen molar-refractivity contribution in [3.05, 3.63) is 34.3 Å². The summed E-state index contributed by atoms with van der Waals surface area (Å²) in [6.07, 6.45) is -1.15. The molecule has 0 saturated carbocycles. The van der Waals surface area contributed by atoms with Crippen LogP contribution in [0.3, 0.4) is 0 Å². The molecular weight excluding hydrogens is 498 g/mol. The zero-order valence-corrected chi connectivity index (χ0v) is 20.3. The monoisotopic (exact) mass is 525 g/mol. The first-order chi connectivity index (χ1) is 15.5. The average molecular weight is 526 g/mol. The Labute approximate surface area is 200 Å². The average Bonchev–Trinajstić information content (AvgIpc) is 3.39. The molecule has 0 radical (unpaired) electrons. The number of hydrogen-bond acceptors (Lipinski definition) is 6. The molecule has 10 nitrogen and oxygen atoms in total. The molecule has 1 spiro atoms. The summed E-state index contributed by atoms with van der Waals surface area (Å²) < 4.78 is 12.3. The van der Waals surface area contributed by atoms with Crippen LogP contribution in [0.25, 0.3) is 0 Å². The Morgan fingerprint density at radius 2 is 1.82 bits per heavy atom. The van der Waals surface area contributed by atoms with E-state index in [0.717, 1.165) is 9.37 Å². The van der Waals surface area contributed by atoms with Crippen LogP contribution in [0.1, 0.15) is 30.6 Å². The fourth-order valence-corrected chi connectivity index (χ4v) is 4.49. The van der Waals surface area contributed by atoms with Crippen molar-refractivity contribution >= 4 is 39.6 Å². The largest absolute Gasteiger partial charge is 0.465 e. The molecule has 2 fully saturated rings. The fourth-order valence-electron chi connectivity index (χ4n) is 4.22. The van der Waals surface area contributed by atoms with Gasteiger partial charge >= 0.3 is 6.09 Å². The Bertz CT molecular complexity index is 915. The third-order valence-corrected chi connectivity index (χ3v) is 6.41. The van der Waals surface area contributed by atoms with Gasteiger partial charge in [-0.25, -0.2) is 4.79 Å². The van der Waals surface area contributed by atoms with Crippen LogP contribution in [0.4, 0.5) is 4.79 Å².